The topological polar surface area (TPSA) is 72.7 Å². The molecule has 1 amide bonds. The van der Waals surface area contributed by atoms with Crippen molar-refractivity contribution in [2.24, 2.45) is 0 Å². The van der Waals surface area contributed by atoms with Gasteiger partial charge in [-0.2, -0.15) is 5.10 Å². The van der Waals surface area contributed by atoms with E-state index in [-0.39, 0.29) is 11.9 Å². The first-order valence-corrected chi connectivity index (χ1v) is 7.57. The van der Waals surface area contributed by atoms with E-state index < -0.39 is 0 Å². The molecular weight excluding hydrogens is 302 g/mol. The lowest BCUT2D eigenvalue weighted by molar-refractivity contribution is -0.117. The van der Waals surface area contributed by atoms with Crippen molar-refractivity contribution in [3.05, 3.63) is 84.7 Å². The Balaban J connectivity index is 1.71. The minimum atomic E-state index is -0.195. The van der Waals surface area contributed by atoms with Crippen molar-refractivity contribution in [2.75, 3.05) is 0 Å². The molecule has 0 aliphatic rings. The summed E-state index contributed by atoms with van der Waals surface area (Å²) in [5.74, 6) is -0.173. The van der Waals surface area contributed by atoms with E-state index in [4.69, 9.17) is 0 Å². The molecule has 1 unspecified atom stereocenters. The molecule has 1 aromatic carbocycles. The maximum atomic E-state index is 12.3. The summed E-state index contributed by atoms with van der Waals surface area (Å²) in [7, 11) is 0. The summed E-state index contributed by atoms with van der Waals surface area (Å²) in [6.07, 6.45) is 9.75. The predicted molar refractivity (Wildman–Crippen MR) is 90.6 cm³/mol. The second-order valence-electron chi connectivity index (χ2n) is 5.21. The fraction of sp³-hybridized carbons (Fsp3) is 0.111. The summed E-state index contributed by atoms with van der Waals surface area (Å²) in [6, 6.07) is 13.3. The van der Waals surface area contributed by atoms with E-state index in [1.165, 1.54) is 12.4 Å². The van der Waals surface area contributed by atoms with Crippen LogP contribution in [-0.4, -0.2) is 25.7 Å². The lowest BCUT2D eigenvalue weighted by Crippen LogP contribution is -2.30. The van der Waals surface area contributed by atoms with Crippen LogP contribution < -0.4 is 5.32 Å². The number of hydrogen-bond acceptors (Lipinski definition) is 4. The van der Waals surface area contributed by atoms with Crippen molar-refractivity contribution in [1.82, 2.24) is 25.1 Å². The second kappa shape index (κ2) is 7.82. The highest BCUT2D eigenvalue weighted by Gasteiger charge is 2.14. The molecule has 0 saturated carbocycles. The molecule has 3 rings (SSSR count). The van der Waals surface area contributed by atoms with Gasteiger partial charge in [-0.3, -0.25) is 14.5 Å². The molecule has 3 aromatic rings. The molecule has 0 fully saturated rings. The first-order chi connectivity index (χ1) is 11.8. The van der Waals surface area contributed by atoms with Gasteiger partial charge in [0.15, 0.2) is 0 Å². The van der Waals surface area contributed by atoms with Crippen molar-refractivity contribution >= 4 is 12.0 Å². The van der Waals surface area contributed by atoms with E-state index in [2.05, 4.69) is 20.4 Å². The molecule has 0 bridgehead atoms. The number of pyridine rings is 1. The van der Waals surface area contributed by atoms with Crippen LogP contribution in [0.15, 0.2) is 73.6 Å². The molecule has 0 spiro atoms. The Morgan fingerprint density at radius 3 is 2.75 bits per heavy atom. The Labute approximate surface area is 139 Å². The van der Waals surface area contributed by atoms with Gasteiger partial charge in [-0.05, 0) is 23.3 Å². The Morgan fingerprint density at radius 2 is 2.04 bits per heavy atom. The second-order valence-corrected chi connectivity index (χ2v) is 5.21. The van der Waals surface area contributed by atoms with Crippen LogP contribution in [0.1, 0.15) is 17.2 Å². The third-order valence-corrected chi connectivity index (χ3v) is 3.47. The van der Waals surface area contributed by atoms with E-state index >= 15 is 0 Å². The van der Waals surface area contributed by atoms with Crippen molar-refractivity contribution in [2.45, 2.75) is 12.6 Å². The number of carbonyl (C=O) groups is 1. The molecule has 2 aromatic heterocycles. The van der Waals surface area contributed by atoms with Gasteiger partial charge < -0.3 is 5.32 Å². The lowest BCUT2D eigenvalue weighted by Gasteiger charge is -2.18. The van der Waals surface area contributed by atoms with Crippen molar-refractivity contribution < 1.29 is 4.79 Å². The number of aromatic nitrogens is 4. The zero-order valence-corrected chi connectivity index (χ0v) is 13.0. The summed E-state index contributed by atoms with van der Waals surface area (Å²) in [5, 5.41) is 7.12. The average Bonchev–Trinajstić information content (AvgIpc) is 3.14. The Kier molecular flexibility index (Phi) is 5.09. The van der Waals surface area contributed by atoms with Crippen LogP contribution in [0.25, 0.3) is 6.08 Å². The fourth-order valence-corrected chi connectivity index (χ4v) is 2.30. The minimum Gasteiger partial charge on any atom is -0.344 e. The van der Waals surface area contributed by atoms with E-state index in [0.29, 0.717) is 6.54 Å². The third-order valence-electron chi connectivity index (χ3n) is 3.47. The molecule has 6 nitrogen and oxygen atoms in total. The van der Waals surface area contributed by atoms with Gasteiger partial charge in [-0.15, -0.1) is 0 Å². The SMILES string of the molecule is O=C(C=Cc1cccnc1)NC(Cn1cncn1)c1ccccc1. The standard InChI is InChI=1S/C18H17N5O/c24-18(9-8-15-5-4-10-19-11-15)22-17(12-23-14-20-13-21-23)16-6-2-1-3-7-16/h1-11,13-14,17H,12H2,(H,22,24). The van der Waals surface area contributed by atoms with Crippen LogP contribution in [0, 0.1) is 0 Å². The average molecular weight is 319 g/mol. The quantitative estimate of drug-likeness (QED) is 0.707. The summed E-state index contributed by atoms with van der Waals surface area (Å²) >= 11 is 0. The van der Waals surface area contributed by atoms with Crippen LogP contribution in [0.5, 0.6) is 0 Å². The van der Waals surface area contributed by atoms with Gasteiger partial charge in [-0.25, -0.2) is 4.98 Å². The molecule has 2 heterocycles. The van der Waals surface area contributed by atoms with E-state index in [1.807, 2.05) is 42.5 Å². The van der Waals surface area contributed by atoms with Crippen LogP contribution in [0.4, 0.5) is 0 Å². The van der Waals surface area contributed by atoms with E-state index in [1.54, 1.807) is 29.5 Å². The van der Waals surface area contributed by atoms with Gasteiger partial charge in [0.2, 0.25) is 5.91 Å². The molecule has 1 N–H and O–H groups in total. The van der Waals surface area contributed by atoms with Gasteiger partial charge in [0, 0.05) is 18.5 Å². The molecule has 0 aliphatic carbocycles. The Morgan fingerprint density at radius 1 is 1.17 bits per heavy atom. The van der Waals surface area contributed by atoms with Crippen molar-refractivity contribution in [3.8, 4) is 0 Å². The molecule has 0 aliphatic heterocycles. The number of rotatable bonds is 6. The fourth-order valence-electron chi connectivity index (χ4n) is 2.30. The first kappa shape index (κ1) is 15.6. The highest BCUT2D eigenvalue weighted by molar-refractivity contribution is 5.91. The number of benzene rings is 1. The highest BCUT2D eigenvalue weighted by Crippen LogP contribution is 2.14. The molecule has 6 heteroatoms. The Bertz CT molecular complexity index is 785. The normalized spacial score (nSPS) is 12.2. The molecule has 0 radical (unpaired) electrons. The molecule has 1 atom stereocenters. The summed E-state index contributed by atoms with van der Waals surface area (Å²) in [5.41, 5.74) is 1.89. The van der Waals surface area contributed by atoms with Crippen LogP contribution in [-0.2, 0) is 11.3 Å². The van der Waals surface area contributed by atoms with Gasteiger partial charge in [0.05, 0.1) is 12.6 Å². The molecule has 0 saturated heterocycles. The number of carbonyl (C=O) groups excluding carboxylic acids is 1. The molecule has 24 heavy (non-hydrogen) atoms. The van der Waals surface area contributed by atoms with Gasteiger partial charge >= 0.3 is 0 Å². The van der Waals surface area contributed by atoms with Crippen LogP contribution in [0.2, 0.25) is 0 Å². The van der Waals surface area contributed by atoms with Crippen molar-refractivity contribution in [3.63, 3.8) is 0 Å². The van der Waals surface area contributed by atoms with Gasteiger partial charge in [0.1, 0.15) is 12.7 Å². The lowest BCUT2D eigenvalue weighted by atomic mass is 10.1. The highest BCUT2D eigenvalue weighted by atomic mass is 16.1. The van der Waals surface area contributed by atoms with Crippen molar-refractivity contribution in [1.29, 1.82) is 0 Å². The number of nitrogens with one attached hydrogen (secondary N) is 1. The number of hydrogen-bond donors (Lipinski definition) is 1. The first-order valence-electron chi connectivity index (χ1n) is 7.57. The minimum absolute atomic E-state index is 0.173. The zero-order chi connectivity index (χ0) is 16.6. The van der Waals surface area contributed by atoms with Crippen LogP contribution in [0.3, 0.4) is 0 Å². The summed E-state index contributed by atoms with van der Waals surface area (Å²) in [6.45, 7) is 0.510. The maximum absolute atomic E-state index is 12.3. The summed E-state index contributed by atoms with van der Waals surface area (Å²) in [4.78, 5) is 20.2. The van der Waals surface area contributed by atoms with Gasteiger partial charge in [0.25, 0.3) is 0 Å². The summed E-state index contributed by atoms with van der Waals surface area (Å²) < 4.78 is 1.70. The van der Waals surface area contributed by atoms with Gasteiger partial charge in [-0.1, -0.05) is 36.4 Å². The number of amides is 1. The Hall–Kier alpha value is -3.28. The number of nitrogens with zero attached hydrogens (tertiary/aromatic N) is 4. The zero-order valence-electron chi connectivity index (χ0n) is 13.0. The monoisotopic (exact) mass is 319 g/mol. The third kappa shape index (κ3) is 4.36. The smallest absolute Gasteiger partial charge is 0.244 e. The molecular formula is C18H17N5O. The van der Waals surface area contributed by atoms with E-state index in [0.717, 1.165) is 11.1 Å². The predicted octanol–water partition coefficient (Wildman–Crippen LogP) is 2.24. The molecule has 120 valence electrons. The largest absolute Gasteiger partial charge is 0.344 e. The van der Waals surface area contributed by atoms with E-state index in [9.17, 15) is 4.79 Å². The van der Waals surface area contributed by atoms with Crippen LogP contribution >= 0.6 is 0 Å². The maximum Gasteiger partial charge on any atom is 0.244 e.